The molecular weight excluding hydrogens is 616 g/mol. The summed E-state index contributed by atoms with van der Waals surface area (Å²) in [6, 6.07) is 0. The molecule has 0 radical (unpaired) electrons. The molecule has 6 fully saturated rings. The zero-order valence-electron chi connectivity index (χ0n) is 27.3. The predicted octanol–water partition coefficient (Wildman–Crippen LogP) is 0.0359. The summed E-state index contributed by atoms with van der Waals surface area (Å²) in [7, 11) is 0. The number of esters is 1. The van der Waals surface area contributed by atoms with E-state index >= 15 is 0 Å². The molecule has 0 aromatic heterocycles. The Morgan fingerprint density at radius 3 is 2.40 bits per heavy atom. The summed E-state index contributed by atoms with van der Waals surface area (Å²) in [5.41, 5.74) is -2.41. The van der Waals surface area contributed by atoms with Crippen LogP contribution in [-0.2, 0) is 28.5 Å². The predicted molar refractivity (Wildman–Crippen MR) is 161 cm³/mol. The van der Waals surface area contributed by atoms with Crippen molar-refractivity contribution in [2.24, 2.45) is 28.6 Å². The Balaban J connectivity index is 1.01. The third-order valence-electron chi connectivity index (χ3n) is 13.8. The summed E-state index contributed by atoms with van der Waals surface area (Å²) >= 11 is 0. The average molecular weight is 669 g/mol. The Hall–Kier alpha value is -1.23. The van der Waals surface area contributed by atoms with Crippen LogP contribution in [0.3, 0.4) is 0 Å². The molecule has 16 atom stereocenters. The summed E-state index contributed by atoms with van der Waals surface area (Å²) in [6.45, 7) is 3.74. The van der Waals surface area contributed by atoms with E-state index in [0.29, 0.717) is 38.5 Å². The molecular formula is C34H52O13. The molecule has 0 amide bonds. The number of rotatable bonds is 6. The summed E-state index contributed by atoms with van der Waals surface area (Å²) in [4.78, 5) is 11.9. The lowest BCUT2D eigenvalue weighted by atomic mass is 9.41. The van der Waals surface area contributed by atoms with Crippen LogP contribution < -0.4 is 0 Å². The minimum atomic E-state index is -1.49. The Kier molecular flexibility index (Phi) is 8.90. The quantitative estimate of drug-likeness (QED) is 0.148. The minimum absolute atomic E-state index is 0.0629. The first-order valence-electron chi connectivity index (χ1n) is 17.5. The molecule has 3 heterocycles. The third-order valence-corrected chi connectivity index (χ3v) is 13.8. The highest BCUT2D eigenvalue weighted by Crippen LogP contribution is 2.70. The molecule has 0 aromatic rings. The second-order valence-corrected chi connectivity index (χ2v) is 15.8. The van der Waals surface area contributed by atoms with Gasteiger partial charge in [-0.05, 0) is 81.6 Å². The van der Waals surface area contributed by atoms with E-state index in [1.165, 1.54) is 0 Å². The smallest absolute Gasteiger partial charge is 0.331 e. The third kappa shape index (κ3) is 5.26. The van der Waals surface area contributed by atoms with Gasteiger partial charge in [-0.1, -0.05) is 6.92 Å². The molecule has 4 aliphatic carbocycles. The molecule has 0 bridgehead atoms. The first kappa shape index (κ1) is 34.2. The summed E-state index contributed by atoms with van der Waals surface area (Å²) < 4.78 is 28.8. The topological polar surface area (TPSA) is 205 Å². The normalized spacial score (nSPS) is 54.7. The van der Waals surface area contributed by atoms with Crippen LogP contribution in [0.25, 0.3) is 0 Å². The van der Waals surface area contributed by atoms with Gasteiger partial charge >= 0.3 is 5.97 Å². The van der Waals surface area contributed by atoms with Gasteiger partial charge in [0.2, 0.25) is 0 Å². The summed E-state index contributed by atoms with van der Waals surface area (Å²) in [6.07, 6.45) is -2.10. The van der Waals surface area contributed by atoms with E-state index in [1.54, 1.807) is 13.0 Å². The van der Waals surface area contributed by atoms with E-state index < -0.39 is 71.2 Å². The van der Waals surface area contributed by atoms with E-state index in [0.717, 1.165) is 24.8 Å². The van der Waals surface area contributed by atoms with Gasteiger partial charge in [0.1, 0.15) is 31.0 Å². The number of carbonyl (C=O) groups excluding carboxylic acids is 1. The van der Waals surface area contributed by atoms with Gasteiger partial charge in [-0.15, -0.1) is 0 Å². The molecule has 266 valence electrons. The highest BCUT2D eigenvalue weighted by molar-refractivity contribution is 5.85. The molecule has 7 N–H and O–H groups in total. The molecule has 47 heavy (non-hydrogen) atoms. The van der Waals surface area contributed by atoms with Gasteiger partial charge in [0, 0.05) is 29.7 Å². The van der Waals surface area contributed by atoms with Crippen molar-refractivity contribution in [1.82, 2.24) is 0 Å². The fourth-order valence-electron chi connectivity index (χ4n) is 11.2. The number of aliphatic hydroxyl groups excluding tert-OH is 5. The first-order valence-corrected chi connectivity index (χ1v) is 17.5. The van der Waals surface area contributed by atoms with Crippen LogP contribution in [0.15, 0.2) is 11.6 Å². The van der Waals surface area contributed by atoms with Crippen molar-refractivity contribution in [2.45, 2.75) is 145 Å². The molecule has 7 aliphatic rings. The molecule has 3 aliphatic heterocycles. The van der Waals surface area contributed by atoms with E-state index in [9.17, 15) is 40.5 Å². The number of hydrogen-bond donors (Lipinski definition) is 7. The van der Waals surface area contributed by atoms with Gasteiger partial charge in [0.05, 0.1) is 42.7 Å². The van der Waals surface area contributed by atoms with E-state index in [1.807, 2.05) is 0 Å². The number of cyclic esters (lactones) is 1. The summed E-state index contributed by atoms with van der Waals surface area (Å²) in [5.74, 6) is -0.406. The van der Waals surface area contributed by atoms with Gasteiger partial charge in [0.15, 0.2) is 12.6 Å². The lowest BCUT2D eigenvalue weighted by Crippen LogP contribution is -2.69. The highest BCUT2D eigenvalue weighted by atomic mass is 16.7. The van der Waals surface area contributed by atoms with Gasteiger partial charge < -0.3 is 59.4 Å². The van der Waals surface area contributed by atoms with Crippen molar-refractivity contribution < 1.29 is 64.2 Å². The Morgan fingerprint density at radius 2 is 1.70 bits per heavy atom. The number of hydrogen-bond acceptors (Lipinski definition) is 13. The van der Waals surface area contributed by atoms with E-state index in [4.69, 9.17) is 23.7 Å². The van der Waals surface area contributed by atoms with Crippen molar-refractivity contribution >= 4 is 5.97 Å². The zero-order chi connectivity index (χ0) is 33.5. The standard InChI is InChI=1S/C34H52O13/c1-17-29(47-30-28(40)27(39)24(37)15-44-30)23(36)12-26(45-17)46-19-3-8-32(16-35)21-4-7-31(2)20(18-11-25(38)43-14-18)6-10-34(31,42)22(21)5-9-33(32,41)13-19/h11,17,19-24,26-30,35-37,39-42H,3-10,12-16H2,1-2H3. The second kappa shape index (κ2) is 12.2. The number of ether oxygens (including phenoxy) is 5. The molecule has 4 saturated carbocycles. The molecule has 16 unspecified atom stereocenters. The van der Waals surface area contributed by atoms with E-state index in [-0.39, 0.29) is 56.1 Å². The van der Waals surface area contributed by atoms with Crippen LogP contribution in [0.1, 0.15) is 78.1 Å². The van der Waals surface area contributed by atoms with Gasteiger partial charge in [-0.2, -0.15) is 0 Å². The summed E-state index contributed by atoms with van der Waals surface area (Å²) in [5, 5.41) is 76.8. The highest BCUT2D eigenvalue weighted by Gasteiger charge is 2.71. The SMILES string of the molecule is CC1OC(OC2CCC3(CO)C4CCC5(C)C(C6=CC(=O)OC6)CCC5(O)C4CCC3(O)C2)CC(O)C1OC1OCC(O)C(O)C1O. The van der Waals surface area contributed by atoms with Crippen LogP contribution in [-0.4, -0.2) is 128 Å². The molecule has 0 aromatic carbocycles. The van der Waals surface area contributed by atoms with Crippen LogP contribution in [0.2, 0.25) is 0 Å². The second-order valence-electron chi connectivity index (χ2n) is 15.8. The Labute approximate surface area is 274 Å². The van der Waals surface area contributed by atoms with Crippen molar-refractivity contribution in [1.29, 1.82) is 0 Å². The maximum Gasteiger partial charge on any atom is 0.331 e. The lowest BCUT2D eigenvalue weighted by molar-refractivity contribution is -0.332. The molecule has 0 spiro atoms. The fourth-order valence-corrected chi connectivity index (χ4v) is 11.2. The number of carbonyl (C=O) groups is 1. The van der Waals surface area contributed by atoms with Crippen molar-refractivity contribution in [3.8, 4) is 0 Å². The van der Waals surface area contributed by atoms with Gasteiger partial charge in [-0.3, -0.25) is 0 Å². The van der Waals surface area contributed by atoms with Crippen molar-refractivity contribution in [2.75, 3.05) is 19.8 Å². The van der Waals surface area contributed by atoms with Crippen LogP contribution in [0.5, 0.6) is 0 Å². The first-order chi connectivity index (χ1) is 22.2. The Bertz CT molecular complexity index is 1220. The van der Waals surface area contributed by atoms with E-state index in [2.05, 4.69) is 6.92 Å². The van der Waals surface area contributed by atoms with Crippen molar-refractivity contribution in [3.63, 3.8) is 0 Å². The minimum Gasteiger partial charge on any atom is -0.458 e. The lowest BCUT2D eigenvalue weighted by Gasteiger charge is -2.66. The maximum atomic E-state index is 12.5. The largest absolute Gasteiger partial charge is 0.458 e. The van der Waals surface area contributed by atoms with Crippen LogP contribution in [0.4, 0.5) is 0 Å². The number of aliphatic hydroxyl groups is 7. The average Bonchev–Trinajstić information content (AvgIpc) is 3.57. The van der Waals surface area contributed by atoms with Gasteiger partial charge in [-0.25, -0.2) is 4.79 Å². The molecule has 13 heteroatoms. The van der Waals surface area contributed by atoms with Crippen molar-refractivity contribution in [3.05, 3.63) is 11.6 Å². The zero-order valence-corrected chi connectivity index (χ0v) is 27.3. The number of fused-ring (bicyclic) bond motifs is 5. The maximum absolute atomic E-state index is 12.5. The molecule has 7 rings (SSSR count). The van der Waals surface area contributed by atoms with Crippen LogP contribution in [0, 0.1) is 28.6 Å². The Morgan fingerprint density at radius 1 is 0.936 bits per heavy atom. The molecule has 2 saturated heterocycles. The molecule has 13 nitrogen and oxygen atoms in total. The monoisotopic (exact) mass is 668 g/mol. The fraction of sp³-hybridized carbons (Fsp3) is 0.912. The van der Waals surface area contributed by atoms with Gasteiger partial charge in [0.25, 0.3) is 0 Å². The van der Waals surface area contributed by atoms with Crippen LogP contribution >= 0.6 is 0 Å².